The summed E-state index contributed by atoms with van der Waals surface area (Å²) in [5.41, 5.74) is 4.98. The van der Waals surface area contributed by atoms with Crippen LogP contribution >= 0.6 is 0 Å². The third kappa shape index (κ3) is 2.72. The molecule has 6 nitrogen and oxygen atoms in total. The van der Waals surface area contributed by atoms with Crippen molar-refractivity contribution in [1.29, 1.82) is 0 Å². The minimum absolute atomic E-state index is 0.138. The van der Waals surface area contributed by atoms with Crippen molar-refractivity contribution in [3.63, 3.8) is 0 Å². The van der Waals surface area contributed by atoms with Crippen LogP contribution in [0, 0.1) is 5.82 Å². The van der Waals surface area contributed by atoms with Crippen molar-refractivity contribution in [2.24, 2.45) is 0 Å². The second-order valence-corrected chi connectivity index (χ2v) is 8.42. The van der Waals surface area contributed by atoms with Gasteiger partial charge in [-0.25, -0.2) is 21.2 Å². The predicted molar refractivity (Wildman–Crippen MR) is 68.2 cm³/mol. The number of nitrogens with two attached hydrogens (primary N) is 1. The Morgan fingerprint density at radius 3 is 2.37 bits per heavy atom. The van der Waals surface area contributed by atoms with Crippen molar-refractivity contribution in [1.82, 2.24) is 4.31 Å². The maximum atomic E-state index is 13.3. The van der Waals surface area contributed by atoms with Gasteiger partial charge in [0.25, 0.3) is 0 Å². The quantitative estimate of drug-likeness (QED) is 0.765. The van der Waals surface area contributed by atoms with E-state index in [2.05, 4.69) is 0 Å². The number of rotatable bonds is 2. The van der Waals surface area contributed by atoms with Gasteiger partial charge in [-0.3, -0.25) is 0 Å². The molecule has 1 aliphatic rings. The summed E-state index contributed by atoms with van der Waals surface area (Å²) in [5, 5.41) is 0. The minimum atomic E-state index is -3.96. The first-order chi connectivity index (χ1) is 8.74. The largest absolute Gasteiger partial charge is 0.395 e. The third-order valence-corrected chi connectivity index (χ3v) is 6.50. The maximum absolute atomic E-state index is 13.3. The fourth-order valence-corrected chi connectivity index (χ4v) is 4.82. The SMILES string of the molecule is Nc1c(F)cccc1S(=O)(=O)N1CCS(=O)(=O)CC1. The molecule has 0 amide bonds. The van der Waals surface area contributed by atoms with Gasteiger partial charge in [-0.1, -0.05) is 6.07 Å². The summed E-state index contributed by atoms with van der Waals surface area (Å²) in [4.78, 5) is -0.327. The zero-order valence-corrected chi connectivity index (χ0v) is 11.5. The van der Waals surface area contributed by atoms with Gasteiger partial charge in [0.1, 0.15) is 10.7 Å². The lowest BCUT2D eigenvalue weighted by molar-refractivity contribution is 0.430. The van der Waals surface area contributed by atoms with E-state index in [4.69, 9.17) is 5.73 Å². The van der Waals surface area contributed by atoms with E-state index in [-0.39, 0.29) is 29.5 Å². The summed E-state index contributed by atoms with van der Waals surface area (Å²) in [6.45, 7) is -0.277. The molecule has 106 valence electrons. The van der Waals surface area contributed by atoms with E-state index >= 15 is 0 Å². The summed E-state index contributed by atoms with van der Waals surface area (Å²) in [6.07, 6.45) is 0. The Hall–Kier alpha value is -1.19. The average Bonchev–Trinajstić information content (AvgIpc) is 2.32. The standard InChI is InChI=1S/C10H13FN2O4S2/c11-8-2-1-3-9(10(8)12)19(16,17)13-4-6-18(14,15)7-5-13/h1-3H,4-7,12H2. The highest BCUT2D eigenvalue weighted by molar-refractivity contribution is 7.92. The van der Waals surface area contributed by atoms with Crippen molar-refractivity contribution < 1.29 is 21.2 Å². The van der Waals surface area contributed by atoms with Crippen molar-refractivity contribution in [2.45, 2.75) is 4.90 Å². The van der Waals surface area contributed by atoms with Crippen LogP contribution in [0.25, 0.3) is 0 Å². The van der Waals surface area contributed by atoms with Crippen LogP contribution in [-0.2, 0) is 19.9 Å². The van der Waals surface area contributed by atoms with E-state index in [9.17, 15) is 21.2 Å². The summed E-state index contributed by atoms with van der Waals surface area (Å²) in [7, 11) is -7.15. The van der Waals surface area contributed by atoms with Crippen molar-refractivity contribution in [2.75, 3.05) is 30.3 Å². The Bertz CT molecular complexity index is 686. The van der Waals surface area contributed by atoms with E-state index in [0.29, 0.717) is 0 Å². The first kappa shape index (κ1) is 14.2. The molecule has 0 spiro atoms. The van der Waals surface area contributed by atoms with Gasteiger partial charge >= 0.3 is 0 Å². The summed E-state index contributed by atoms with van der Waals surface area (Å²) >= 11 is 0. The zero-order chi connectivity index (χ0) is 14.3. The number of anilines is 1. The van der Waals surface area contributed by atoms with E-state index < -0.39 is 31.4 Å². The highest BCUT2D eigenvalue weighted by Gasteiger charge is 2.32. The Kier molecular flexibility index (Phi) is 3.54. The van der Waals surface area contributed by atoms with Gasteiger partial charge in [-0.05, 0) is 12.1 Å². The number of para-hydroxylation sites is 1. The lowest BCUT2D eigenvalue weighted by Crippen LogP contribution is -2.43. The smallest absolute Gasteiger partial charge is 0.245 e. The highest BCUT2D eigenvalue weighted by Crippen LogP contribution is 2.25. The number of hydrogen-bond acceptors (Lipinski definition) is 5. The molecule has 0 unspecified atom stereocenters. The Morgan fingerprint density at radius 2 is 1.79 bits per heavy atom. The zero-order valence-electron chi connectivity index (χ0n) is 9.91. The van der Waals surface area contributed by atoms with Crippen molar-refractivity contribution >= 4 is 25.5 Å². The van der Waals surface area contributed by atoms with Gasteiger partial charge in [0, 0.05) is 13.1 Å². The van der Waals surface area contributed by atoms with Gasteiger partial charge in [0.05, 0.1) is 17.2 Å². The summed E-state index contributed by atoms with van der Waals surface area (Å²) < 4.78 is 61.4. The van der Waals surface area contributed by atoms with Crippen LogP contribution in [-0.4, -0.2) is 45.7 Å². The van der Waals surface area contributed by atoms with Crippen LogP contribution in [0.4, 0.5) is 10.1 Å². The molecule has 1 heterocycles. The number of nitrogens with zero attached hydrogens (tertiary/aromatic N) is 1. The minimum Gasteiger partial charge on any atom is -0.395 e. The number of hydrogen-bond donors (Lipinski definition) is 1. The maximum Gasteiger partial charge on any atom is 0.245 e. The van der Waals surface area contributed by atoms with E-state index in [0.717, 1.165) is 10.4 Å². The third-order valence-electron chi connectivity index (χ3n) is 2.93. The lowest BCUT2D eigenvalue weighted by Gasteiger charge is -2.26. The molecular formula is C10H13FN2O4S2. The molecule has 0 saturated carbocycles. The highest BCUT2D eigenvalue weighted by atomic mass is 32.2. The second kappa shape index (κ2) is 4.73. The molecule has 1 aliphatic heterocycles. The van der Waals surface area contributed by atoms with Crippen molar-refractivity contribution in [3.05, 3.63) is 24.0 Å². The average molecular weight is 308 g/mol. The van der Waals surface area contributed by atoms with Gasteiger partial charge in [-0.2, -0.15) is 4.31 Å². The Labute approximate surface area is 111 Å². The number of nitrogen functional groups attached to an aromatic ring is 1. The molecule has 0 atom stereocenters. The molecule has 0 aromatic heterocycles. The molecule has 1 aromatic carbocycles. The topological polar surface area (TPSA) is 97.5 Å². The number of halogens is 1. The monoisotopic (exact) mass is 308 g/mol. The van der Waals surface area contributed by atoms with Crippen LogP contribution in [0.5, 0.6) is 0 Å². The van der Waals surface area contributed by atoms with E-state index in [1.165, 1.54) is 12.1 Å². The molecule has 19 heavy (non-hydrogen) atoms. The number of sulfonamides is 1. The van der Waals surface area contributed by atoms with Gasteiger partial charge < -0.3 is 5.73 Å². The van der Waals surface area contributed by atoms with Crippen molar-refractivity contribution in [3.8, 4) is 0 Å². The number of benzene rings is 1. The molecule has 9 heteroatoms. The van der Waals surface area contributed by atoms with Crippen LogP contribution in [0.2, 0.25) is 0 Å². The van der Waals surface area contributed by atoms with E-state index in [1.807, 2.05) is 0 Å². The molecule has 0 radical (unpaired) electrons. The molecule has 0 aliphatic carbocycles. The fourth-order valence-electron chi connectivity index (χ4n) is 1.82. The molecule has 1 fully saturated rings. The molecule has 1 aromatic rings. The molecule has 1 saturated heterocycles. The van der Waals surface area contributed by atoms with Crippen LogP contribution in [0.15, 0.2) is 23.1 Å². The first-order valence-corrected chi connectivity index (χ1v) is 8.75. The number of sulfone groups is 1. The molecule has 0 bridgehead atoms. The fraction of sp³-hybridized carbons (Fsp3) is 0.400. The first-order valence-electron chi connectivity index (χ1n) is 5.48. The van der Waals surface area contributed by atoms with E-state index in [1.54, 1.807) is 0 Å². The Balaban J connectivity index is 2.36. The molecular weight excluding hydrogens is 295 g/mol. The van der Waals surface area contributed by atoms with Gasteiger partial charge in [0.2, 0.25) is 10.0 Å². The van der Waals surface area contributed by atoms with Crippen LogP contribution in [0.3, 0.4) is 0 Å². The lowest BCUT2D eigenvalue weighted by atomic mass is 10.3. The predicted octanol–water partition coefficient (Wildman–Crippen LogP) is -0.173. The second-order valence-electron chi connectivity index (χ2n) is 4.21. The van der Waals surface area contributed by atoms with Crippen LogP contribution in [0.1, 0.15) is 0 Å². The molecule has 2 N–H and O–H groups in total. The summed E-state index contributed by atoms with van der Waals surface area (Å²) in [5.74, 6) is -1.28. The molecule has 2 rings (SSSR count). The Morgan fingerprint density at radius 1 is 1.21 bits per heavy atom. The normalized spacial score (nSPS) is 20.3. The summed E-state index contributed by atoms with van der Waals surface area (Å²) in [6, 6.07) is 3.52. The van der Waals surface area contributed by atoms with Gasteiger partial charge in [0.15, 0.2) is 9.84 Å². The van der Waals surface area contributed by atoms with Gasteiger partial charge in [-0.15, -0.1) is 0 Å². The van der Waals surface area contributed by atoms with Crippen LogP contribution < -0.4 is 5.73 Å².